The topological polar surface area (TPSA) is 76.7 Å². The molecule has 2 aromatic carbocycles. The zero-order valence-corrected chi connectivity index (χ0v) is 16.5. The largest absolute Gasteiger partial charge is 0.497 e. The van der Waals surface area contributed by atoms with Gasteiger partial charge in [-0.2, -0.15) is 0 Å². The van der Waals surface area contributed by atoms with Crippen LogP contribution in [0, 0.1) is 0 Å². The van der Waals surface area contributed by atoms with Crippen LogP contribution in [0.2, 0.25) is 0 Å². The predicted molar refractivity (Wildman–Crippen MR) is 105 cm³/mol. The Morgan fingerprint density at radius 2 is 1.93 bits per heavy atom. The molecule has 0 spiro atoms. The normalized spacial score (nSPS) is 20.2. The van der Waals surface area contributed by atoms with E-state index in [1.807, 2.05) is 31.2 Å². The van der Waals surface area contributed by atoms with Crippen LogP contribution in [0.25, 0.3) is 0 Å². The molecule has 3 rings (SSSR count). The fourth-order valence-electron chi connectivity index (χ4n) is 3.40. The molecule has 0 radical (unpaired) electrons. The summed E-state index contributed by atoms with van der Waals surface area (Å²) in [6.07, 6.45) is 0.860. The molecular weight excluding hydrogens is 364 g/mol. The van der Waals surface area contributed by atoms with E-state index in [0.717, 1.165) is 24.3 Å². The maximum Gasteiger partial charge on any atom is 0.241 e. The number of benzene rings is 2. The molecule has 2 atom stereocenters. The molecule has 0 aliphatic carbocycles. The highest BCUT2D eigenvalue weighted by Crippen LogP contribution is 2.28. The molecule has 0 aromatic heterocycles. The quantitative estimate of drug-likeness (QED) is 0.760. The molecule has 7 heteroatoms. The summed E-state index contributed by atoms with van der Waals surface area (Å²) in [5.74, 6) is 1.44. The van der Waals surface area contributed by atoms with Gasteiger partial charge in [-0.3, -0.25) is 0 Å². The summed E-state index contributed by atoms with van der Waals surface area (Å²) in [4.78, 5) is 0.215. The molecule has 2 aromatic rings. The van der Waals surface area contributed by atoms with Gasteiger partial charge in [-0.1, -0.05) is 18.2 Å². The summed E-state index contributed by atoms with van der Waals surface area (Å²) in [5.41, 5.74) is 1.10. The molecule has 6 nitrogen and oxygen atoms in total. The van der Waals surface area contributed by atoms with E-state index in [0.29, 0.717) is 18.9 Å². The van der Waals surface area contributed by atoms with Gasteiger partial charge in [0.05, 0.1) is 18.6 Å². The molecule has 1 fully saturated rings. The standard InChI is InChI=1S/C20H26N2O4S/c1-3-26-17-5-4-6-18(13-17)27(23,24)22-20-14-21-12-11-19(20)15-7-9-16(25-2)10-8-15/h4-10,13,19-22H,3,11-12,14H2,1-2H3. The lowest BCUT2D eigenvalue weighted by atomic mass is 9.86. The van der Waals surface area contributed by atoms with Crippen molar-refractivity contribution in [2.45, 2.75) is 30.2 Å². The summed E-state index contributed by atoms with van der Waals surface area (Å²) in [5, 5.41) is 3.29. The third kappa shape index (κ3) is 4.80. The SMILES string of the molecule is CCOc1cccc(S(=O)(=O)NC2CNCCC2c2ccc(OC)cc2)c1. The van der Waals surface area contributed by atoms with Crippen molar-refractivity contribution in [3.63, 3.8) is 0 Å². The summed E-state index contributed by atoms with van der Waals surface area (Å²) in [6, 6.07) is 14.2. The van der Waals surface area contributed by atoms with Crippen molar-refractivity contribution in [3.05, 3.63) is 54.1 Å². The Hall–Kier alpha value is -2.09. The fraction of sp³-hybridized carbons (Fsp3) is 0.400. The number of hydrogen-bond donors (Lipinski definition) is 2. The number of hydrogen-bond acceptors (Lipinski definition) is 5. The molecule has 0 saturated carbocycles. The zero-order chi connectivity index (χ0) is 19.3. The first kappa shape index (κ1) is 19.7. The minimum Gasteiger partial charge on any atom is -0.497 e. The third-order valence-corrected chi connectivity index (χ3v) is 6.25. The number of piperidine rings is 1. The van der Waals surface area contributed by atoms with Crippen LogP contribution in [0.1, 0.15) is 24.8 Å². The molecule has 1 heterocycles. The summed E-state index contributed by atoms with van der Waals surface area (Å²) in [6.45, 7) is 3.80. The molecule has 0 bridgehead atoms. The van der Waals surface area contributed by atoms with Gasteiger partial charge in [0.2, 0.25) is 10.0 Å². The summed E-state index contributed by atoms with van der Waals surface area (Å²) < 4.78 is 39.4. The average molecular weight is 391 g/mol. The van der Waals surface area contributed by atoms with Gasteiger partial charge in [0.15, 0.2) is 0 Å². The van der Waals surface area contributed by atoms with E-state index >= 15 is 0 Å². The Morgan fingerprint density at radius 3 is 2.63 bits per heavy atom. The lowest BCUT2D eigenvalue weighted by Gasteiger charge is -2.33. The predicted octanol–water partition coefficient (Wildman–Crippen LogP) is 2.52. The van der Waals surface area contributed by atoms with Gasteiger partial charge in [0.25, 0.3) is 0 Å². The van der Waals surface area contributed by atoms with E-state index in [-0.39, 0.29) is 16.9 Å². The monoisotopic (exact) mass is 390 g/mol. The highest BCUT2D eigenvalue weighted by molar-refractivity contribution is 7.89. The molecule has 1 aliphatic rings. The van der Waals surface area contributed by atoms with Crippen molar-refractivity contribution in [1.29, 1.82) is 0 Å². The van der Waals surface area contributed by atoms with Gasteiger partial charge in [-0.15, -0.1) is 0 Å². The number of sulfonamides is 1. The van der Waals surface area contributed by atoms with E-state index in [2.05, 4.69) is 10.0 Å². The van der Waals surface area contributed by atoms with Crippen LogP contribution < -0.4 is 19.5 Å². The first-order valence-corrected chi connectivity index (χ1v) is 10.6. The third-order valence-electron chi connectivity index (χ3n) is 4.76. The van der Waals surface area contributed by atoms with E-state index in [1.54, 1.807) is 31.4 Å². The van der Waals surface area contributed by atoms with Gasteiger partial charge in [-0.05, 0) is 49.7 Å². The summed E-state index contributed by atoms with van der Waals surface area (Å²) >= 11 is 0. The Morgan fingerprint density at radius 1 is 1.15 bits per heavy atom. The van der Waals surface area contributed by atoms with Crippen LogP contribution in [-0.4, -0.2) is 41.3 Å². The van der Waals surface area contributed by atoms with Crippen LogP contribution in [-0.2, 0) is 10.0 Å². The second-order valence-corrected chi connectivity index (χ2v) is 8.22. The van der Waals surface area contributed by atoms with E-state index < -0.39 is 10.0 Å². The van der Waals surface area contributed by atoms with Crippen molar-refractivity contribution in [2.75, 3.05) is 26.8 Å². The minimum atomic E-state index is -3.65. The molecule has 1 saturated heterocycles. The molecule has 2 unspecified atom stereocenters. The Bertz CT molecular complexity index is 853. The Labute approximate surface area is 160 Å². The smallest absolute Gasteiger partial charge is 0.241 e. The molecule has 146 valence electrons. The zero-order valence-electron chi connectivity index (χ0n) is 15.6. The van der Waals surface area contributed by atoms with E-state index in [1.165, 1.54) is 0 Å². The molecule has 0 amide bonds. The van der Waals surface area contributed by atoms with Gasteiger partial charge in [0, 0.05) is 24.6 Å². The lowest BCUT2D eigenvalue weighted by Crippen LogP contribution is -2.49. The maximum absolute atomic E-state index is 12.9. The molecule has 27 heavy (non-hydrogen) atoms. The second-order valence-electron chi connectivity index (χ2n) is 6.51. The molecule has 2 N–H and O–H groups in total. The van der Waals surface area contributed by atoms with Crippen molar-refractivity contribution < 1.29 is 17.9 Å². The molecule has 1 aliphatic heterocycles. The van der Waals surface area contributed by atoms with Crippen molar-refractivity contribution >= 4 is 10.0 Å². The van der Waals surface area contributed by atoms with Crippen LogP contribution >= 0.6 is 0 Å². The van der Waals surface area contributed by atoms with Crippen LogP contribution in [0.5, 0.6) is 11.5 Å². The van der Waals surface area contributed by atoms with Gasteiger partial charge in [-0.25, -0.2) is 13.1 Å². The van der Waals surface area contributed by atoms with Crippen molar-refractivity contribution in [1.82, 2.24) is 10.0 Å². The van der Waals surface area contributed by atoms with E-state index in [4.69, 9.17) is 9.47 Å². The highest BCUT2D eigenvalue weighted by Gasteiger charge is 2.30. The van der Waals surface area contributed by atoms with Gasteiger partial charge in [0.1, 0.15) is 11.5 Å². The molecular formula is C20H26N2O4S. The average Bonchev–Trinajstić information content (AvgIpc) is 2.69. The number of methoxy groups -OCH3 is 1. The van der Waals surface area contributed by atoms with Crippen LogP contribution in [0.3, 0.4) is 0 Å². The van der Waals surface area contributed by atoms with Crippen molar-refractivity contribution in [2.24, 2.45) is 0 Å². The minimum absolute atomic E-state index is 0.0991. The second kappa shape index (κ2) is 8.73. The number of ether oxygens (including phenoxy) is 2. The maximum atomic E-state index is 12.9. The highest BCUT2D eigenvalue weighted by atomic mass is 32.2. The first-order valence-electron chi connectivity index (χ1n) is 9.13. The Balaban J connectivity index is 1.81. The lowest BCUT2D eigenvalue weighted by molar-refractivity contribution is 0.339. The number of rotatable bonds is 7. The number of nitrogens with one attached hydrogen (secondary N) is 2. The van der Waals surface area contributed by atoms with Gasteiger partial charge < -0.3 is 14.8 Å². The van der Waals surface area contributed by atoms with Crippen molar-refractivity contribution in [3.8, 4) is 11.5 Å². The van der Waals surface area contributed by atoms with Gasteiger partial charge >= 0.3 is 0 Å². The summed E-state index contributed by atoms with van der Waals surface area (Å²) in [7, 11) is -2.02. The van der Waals surface area contributed by atoms with Crippen LogP contribution in [0.4, 0.5) is 0 Å². The van der Waals surface area contributed by atoms with Crippen LogP contribution in [0.15, 0.2) is 53.4 Å². The fourth-order valence-corrected chi connectivity index (χ4v) is 4.71. The Kier molecular flexibility index (Phi) is 6.36. The first-order chi connectivity index (χ1) is 13.0. The van der Waals surface area contributed by atoms with E-state index in [9.17, 15) is 8.42 Å².